The molecule has 0 atom stereocenters. The van der Waals surface area contributed by atoms with Crippen molar-refractivity contribution in [1.29, 1.82) is 5.26 Å². The van der Waals surface area contributed by atoms with Gasteiger partial charge in [-0.2, -0.15) is 5.26 Å². The quantitative estimate of drug-likeness (QED) is 0.816. The second-order valence-electron chi connectivity index (χ2n) is 6.63. The maximum atomic E-state index is 12.5. The van der Waals surface area contributed by atoms with Crippen LogP contribution in [0.3, 0.4) is 0 Å². The Balaban J connectivity index is 1.78. The number of thiophene rings is 1. The maximum absolute atomic E-state index is 12.5. The van der Waals surface area contributed by atoms with Crippen LogP contribution < -0.4 is 10.9 Å². The predicted molar refractivity (Wildman–Crippen MR) is 107 cm³/mol. The molecule has 0 aromatic carbocycles. The van der Waals surface area contributed by atoms with Gasteiger partial charge in [0.2, 0.25) is 5.91 Å². The Morgan fingerprint density at radius 2 is 2.17 bits per heavy atom. The molecule has 10 heteroatoms. The highest BCUT2D eigenvalue weighted by Crippen LogP contribution is 2.36. The first-order chi connectivity index (χ1) is 13.8. The molecule has 2 amide bonds. The lowest BCUT2D eigenvalue weighted by atomic mass is 10.0. The van der Waals surface area contributed by atoms with Crippen LogP contribution in [0.15, 0.2) is 11.1 Å². The normalized spacial score (nSPS) is 12.8. The van der Waals surface area contributed by atoms with Gasteiger partial charge in [-0.05, 0) is 32.8 Å². The Kier molecular flexibility index (Phi) is 5.98. The third-order valence-electron chi connectivity index (χ3n) is 4.78. The van der Waals surface area contributed by atoms with Gasteiger partial charge in [-0.3, -0.25) is 14.2 Å². The molecule has 1 N–H and O–H groups in total. The average molecular weight is 415 g/mol. The van der Waals surface area contributed by atoms with E-state index in [2.05, 4.69) is 16.4 Å². The highest BCUT2D eigenvalue weighted by molar-refractivity contribution is 7.16. The molecule has 3 heterocycles. The lowest BCUT2D eigenvalue weighted by molar-refractivity contribution is -0.116. The summed E-state index contributed by atoms with van der Waals surface area (Å²) >= 11 is 1.27. The number of ether oxygens (including phenoxy) is 1. The SMILES string of the molecule is CCOC(=O)N1CCc2c(sc(NC(=O)Cn3cnc(C)c(C)c3=O)c2C#N)C1. The highest BCUT2D eigenvalue weighted by Gasteiger charge is 2.28. The minimum atomic E-state index is -0.422. The molecule has 152 valence electrons. The summed E-state index contributed by atoms with van der Waals surface area (Å²) in [6.45, 7) is 6.03. The zero-order valence-corrected chi connectivity index (χ0v) is 17.3. The molecule has 1 aliphatic rings. The average Bonchev–Trinajstić information content (AvgIpc) is 3.04. The van der Waals surface area contributed by atoms with E-state index in [-0.39, 0.29) is 12.1 Å². The van der Waals surface area contributed by atoms with Crippen molar-refractivity contribution < 1.29 is 14.3 Å². The maximum Gasteiger partial charge on any atom is 0.410 e. The van der Waals surface area contributed by atoms with Crippen LogP contribution in [-0.4, -0.2) is 39.6 Å². The fraction of sp³-hybridized carbons (Fsp3) is 0.421. The van der Waals surface area contributed by atoms with E-state index >= 15 is 0 Å². The number of amides is 2. The molecule has 0 saturated heterocycles. The number of fused-ring (bicyclic) bond motifs is 1. The van der Waals surface area contributed by atoms with Crippen molar-refractivity contribution in [2.45, 2.75) is 40.3 Å². The van der Waals surface area contributed by atoms with E-state index in [1.807, 2.05) is 0 Å². The van der Waals surface area contributed by atoms with Gasteiger partial charge in [0.25, 0.3) is 5.56 Å². The summed E-state index contributed by atoms with van der Waals surface area (Å²) in [5.41, 5.74) is 2.09. The molecule has 0 saturated carbocycles. The van der Waals surface area contributed by atoms with Gasteiger partial charge in [0, 0.05) is 22.7 Å². The van der Waals surface area contributed by atoms with E-state index in [0.717, 1.165) is 10.4 Å². The number of rotatable bonds is 4. The van der Waals surface area contributed by atoms with Crippen molar-refractivity contribution >= 4 is 28.3 Å². The van der Waals surface area contributed by atoms with E-state index in [0.29, 0.717) is 47.9 Å². The van der Waals surface area contributed by atoms with E-state index in [1.54, 1.807) is 25.7 Å². The lowest BCUT2D eigenvalue weighted by Crippen LogP contribution is -2.35. The van der Waals surface area contributed by atoms with Crippen molar-refractivity contribution in [2.24, 2.45) is 0 Å². The van der Waals surface area contributed by atoms with Gasteiger partial charge in [0.15, 0.2) is 0 Å². The van der Waals surface area contributed by atoms with Gasteiger partial charge in [-0.1, -0.05) is 0 Å². The van der Waals surface area contributed by atoms with Crippen LogP contribution in [0.25, 0.3) is 0 Å². The first kappa shape index (κ1) is 20.5. The van der Waals surface area contributed by atoms with Crippen LogP contribution in [0.2, 0.25) is 0 Å². The molecule has 3 rings (SSSR count). The molecule has 0 spiro atoms. The minimum Gasteiger partial charge on any atom is -0.450 e. The summed E-state index contributed by atoms with van der Waals surface area (Å²) in [5.74, 6) is -0.422. The van der Waals surface area contributed by atoms with Gasteiger partial charge in [-0.15, -0.1) is 11.3 Å². The Morgan fingerprint density at radius 1 is 1.41 bits per heavy atom. The van der Waals surface area contributed by atoms with Gasteiger partial charge < -0.3 is 15.0 Å². The first-order valence-corrected chi connectivity index (χ1v) is 9.96. The van der Waals surface area contributed by atoms with E-state index in [4.69, 9.17) is 4.74 Å². The van der Waals surface area contributed by atoms with Gasteiger partial charge in [-0.25, -0.2) is 9.78 Å². The molecule has 0 unspecified atom stereocenters. The minimum absolute atomic E-state index is 0.199. The number of carbonyl (C=O) groups is 2. The highest BCUT2D eigenvalue weighted by atomic mass is 32.1. The Labute approximate surface area is 171 Å². The second kappa shape index (κ2) is 8.45. The molecule has 29 heavy (non-hydrogen) atoms. The lowest BCUT2D eigenvalue weighted by Gasteiger charge is -2.25. The number of aromatic nitrogens is 2. The Hall–Kier alpha value is -3.19. The van der Waals surface area contributed by atoms with Crippen LogP contribution >= 0.6 is 11.3 Å². The summed E-state index contributed by atoms with van der Waals surface area (Å²) in [6, 6.07) is 2.15. The Morgan fingerprint density at radius 3 is 2.86 bits per heavy atom. The molecule has 2 aromatic rings. The molecule has 9 nitrogen and oxygen atoms in total. The number of nitrogens with zero attached hydrogens (tertiary/aromatic N) is 4. The number of nitrogens with one attached hydrogen (secondary N) is 1. The summed E-state index contributed by atoms with van der Waals surface area (Å²) < 4.78 is 6.27. The number of anilines is 1. The monoisotopic (exact) mass is 415 g/mol. The van der Waals surface area contributed by atoms with Gasteiger partial charge in [0.05, 0.1) is 25.0 Å². The van der Waals surface area contributed by atoms with Gasteiger partial charge >= 0.3 is 6.09 Å². The number of nitriles is 1. The topological polar surface area (TPSA) is 117 Å². The summed E-state index contributed by atoms with van der Waals surface area (Å²) in [6.07, 6.45) is 1.47. The molecular formula is C19H21N5O4S. The Bertz CT molecular complexity index is 1070. The molecule has 1 aliphatic heterocycles. The number of carbonyl (C=O) groups excluding carboxylic acids is 2. The molecule has 0 bridgehead atoms. The van der Waals surface area contributed by atoms with Crippen molar-refractivity contribution in [1.82, 2.24) is 14.5 Å². The van der Waals surface area contributed by atoms with E-state index in [9.17, 15) is 19.6 Å². The fourth-order valence-corrected chi connectivity index (χ4v) is 4.32. The van der Waals surface area contributed by atoms with Crippen LogP contribution in [0.5, 0.6) is 0 Å². The second-order valence-corrected chi connectivity index (χ2v) is 7.73. The zero-order chi connectivity index (χ0) is 21.1. The molecule has 2 aromatic heterocycles. The molecule has 0 radical (unpaired) electrons. The third-order valence-corrected chi connectivity index (χ3v) is 5.91. The molecular weight excluding hydrogens is 394 g/mol. The summed E-state index contributed by atoms with van der Waals surface area (Å²) in [7, 11) is 0. The third kappa shape index (κ3) is 4.14. The largest absolute Gasteiger partial charge is 0.450 e. The molecule has 0 fully saturated rings. The first-order valence-electron chi connectivity index (χ1n) is 9.14. The summed E-state index contributed by atoms with van der Waals surface area (Å²) in [5, 5.41) is 12.7. The number of hydrogen-bond acceptors (Lipinski definition) is 7. The zero-order valence-electron chi connectivity index (χ0n) is 16.4. The van der Waals surface area contributed by atoms with Gasteiger partial charge in [0.1, 0.15) is 17.6 Å². The van der Waals surface area contributed by atoms with E-state index in [1.165, 1.54) is 22.2 Å². The van der Waals surface area contributed by atoms with Crippen LogP contribution in [0.1, 0.15) is 34.2 Å². The van der Waals surface area contributed by atoms with Crippen LogP contribution in [-0.2, 0) is 29.0 Å². The predicted octanol–water partition coefficient (Wildman–Crippen LogP) is 1.95. The fourth-order valence-electron chi connectivity index (χ4n) is 3.09. The molecule has 0 aliphatic carbocycles. The van der Waals surface area contributed by atoms with Crippen LogP contribution in [0.4, 0.5) is 9.80 Å². The smallest absolute Gasteiger partial charge is 0.410 e. The van der Waals surface area contributed by atoms with Crippen molar-refractivity contribution in [2.75, 3.05) is 18.5 Å². The number of aryl methyl sites for hydroxylation is 1. The standard InChI is InChI=1S/C19H21N5O4S/c1-4-28-19(27)23-6-5-13-14(7-20)17(29-15(13)8-23)22-16(25)9-24-10-21-12(3)11(2)18(24)26/h10H,4-6,8-9H2,1-3H3,(H,22,25). The van der Waals surface area contributed by atoms with Crippen LogP contribution in [0, 0.1) is 25.2 Å². The van der Waals surface area contributed by atoms with Crippen molar-refractivity contribution in [3.8, 4) is 6.07 Å². The van der Waals surface area contributed by atoms with Crippen molar-refractivity contribution in [3.63, 3.8) is 0 Å². The summed E-state index contributed by atoms with van der Waals surface area (Å²) in [4.78, 5) is 43.2. The van der Waals surface area contributed by atoms with Crippen molar-refractivity contribution in [3.05, 3.63) is 43.9 Å². The van der Waals surface area contributed by atoms with E-state index < -0.39 is 12.0 Å². The number of hydrogen-bond donors (Lipinski definition) is 1.